The summed E-state index contributed by atoms with van der Waals surface area (Å²) >= 11 is 1.74. The third kappa shape index (κ3) is 6.19. The van der Waals surface area contributed by atoms with E-state index in [2.05, 4.69) is 66.6 Å². The van der Waals surface area contributed by atoms with Crippen LogP contribution in [0.3, 0.4) is 0 Å². The predicted molar refractivity (Wildman–Crippen MR) is 160 cm³/mol. The van der Waals surface area contributed by atoms with Crippen molar-refractivity contribution in [3.8, 4) is 34.8 Å². The molecule has 0 aliphatic carbocycles. The summed E-state index contributed by atoms with van der Waals surface area (Å²) in [6.45, 7) is 4.40. The topological polar surface area (TPSA) is 67.2 Å². The molecular formula is C33H31NO3S2. The van der Waals surface area contributed by atoms with Crippen LogP contribution >= 0.6 is 11.3 Å². The maximum absolute atomic E-state index is 11.8. The van der Waals surface area contributed by atoms with Crippen molar-refractivity contribution in [3.63, 3.8) is 0 Å². The number of rotatable bonds is 7. The molecule has 1 saturated heterocycles. The Morgan fingerprint density at radius 3 is 2.49 bits per heavy atom. The summed E-state index contributed by atoms with van der Waals surface area (Å²) in [4.78, 5) is 0. The predicted octanol–water partition coefficient (Wildman–Crippen LogP) is 7.77. The quantitative estimate of drug-likeness (QED) is 0.219. The fourth-order valence-corrected chi connectivity index (χ4v) is 7.75. The van der Waals surface area contributed by atoms with Gasteiger partial charge < -0.3 is 4.74 Å². The second-order valence-corrected chi connectivity index (χ2v) is 13.4. The van der Waals surface area contributed by atoms with Crippen LogP contribution in [0.25, 0.3) is 21.2 Å². The average Bonchev–Trinajstić information content (AvgIpc) is 3.35. The van der Waals surface area contributed by atoms with Gasteiger partial charge in [0.15, 0.2) is 0 Å². The summed E-state index contributed by atoms with van der Waals surface area (Å²) in [6.07, 6.45) is 1.79. The van der Waals surface area contributed by atoms with Gasteiger partial charge >= 0.3 is 0 Å². The van der Waals surface area contributed by atoms with E-state index in [1.807, 2.05) is 24.3 Å². The third-order valence-electron chi connectivity index (χ3n) is 7.51. The molecule has 1 fully saturated rings. The monoisotopic (exact) mass is 553 g/mol. The molecule has 5 rings (SSSR count). The van der Waals surface area contributed by atoms with Gasteiger partial charge in [-0.1, -0.05) is 42.3 Å². The standard InChI is InChI=1S/C33H31NO3S2/c1-3-4-25(13-16-34)26-6-9-29(10-7-26)37-21-24-5-12-33-31(20-24)32(22-38-33)30-11-8-28(19-23(30)2)27-14-17-39(35,36)18-15-27/h5-12,19-20,22,25,27H,13-15,17-18,21H2,1-2H3/t25-/m0/s1. The number of sulfone groups is 1. The van der Waals surface area contributed by atoms with Crippen LogP contribution < -0.4 is 4.74 Å². The smallest absolute Gasteiger partial charge is 0.150 e. The van der Waals surface area contributed by atoms with Gasteiger partial charge in [-0.05, 0) is 90.1 Å². The Hall–Kier alpha value is -3.58. The van der Waals surface area contributed by atoms with Crippen LogP contribution in [0.2, 0.25) is 0 Å². The van der Waals surface area contributed by atoms with Crippen molar-refractivity contribution in [1.29, 1.82) is 5.26 Å². The van der Waals surface area contributed by atoms with Crippen molar-refractivity contribution >= 4 is 31.3 Å². The van der Waals surface area contributed by atoms with E-state index in [-0.39, 0.29) is 17.4 Å². The average molecular weight is 554 g/mol. The number of hydrogen-bond acceptors (Lipinski definition) is 5. The molecular weight excluding hydrogens is 523 g/mol. The summed E-state index contributed by atoms with van der Waals surface area (Å²) in [5, 5.41) is 12.5. The summed E-state index contributed by atoms with van der Waals surface area (Å²) in [7, 11) is -2.86. The lowest BCUT2D eigenvalue weighted by Crippen LogP contribution is -2.22. The first kappa shape index (κ1) is 27.0. The molecule has 0 saturated carbocycles. The first-order valence-electron chi connectivity index (χ1n) is 13.2. The largest absolute Gasteiger partial charge is 0.489 e. The first-order chi connectivity index (χ1) is 18.9. The van der Waals surface area contributed by atoms with E-state index in [1.54, 1.807) is 18.3 Å². The Morgan fingerprint density at radius 1 is 1.03 bits per heavy atom. The lowest BCUT2D eigenvalue weighted by Gasteiger charge is -2.23. The zero-order chi connectivity index (χ0) is 27.4. The van der Waals surface area contributed by atoms with Gasteiger partial charge in [0.25, 0.3) is 0 Å². The Morgan fingerprint density at radius 2 is 1.79 bits per heavy atom. The van der Waals surface area contributed by atoms with E-state index in [1.165, 1.54) is 32.3 Å². The lowest BCUT2D eigenvalue weighted by molar-refractivity contribution is 0.306. The maximum Gasteiger partial charge on any atom is 0.150 e. The first-order valence-corrected chi connectivity index (χ1v) is 15.9. The molecule has 4 aromatic rings. The summed E-state index contributed by atoms with van der Waals surface area (Å²) < 4.78 is 31.0. The highest BCUT2D eigenvalue weighted by Crippen LogP contribution is 2.38. The minimum atomic E-state index is -2.86. The second-order valence-electron chi connectivity index (χ2n) is 10.1. The molecule has 2 heterocycles. The highest BCUT2D eigenvalue weighted by molar-refractivity contribution is 7.91. The van der Waals surface area contributed by atoms with Gasteiger partial charge in [-0.2, -0.15) is 5.26 Å². The van der Waals surface area contributed by atoms with E-state index in [0.717, 1.165) is 16.9 Å². The van der Waals surface area contributed by atoms with Gasteiger partial charge in [0.05, 0.1) is 29.9 Å². The minimum Gasteiger partial charge on any atom is -0.489 e. The van der Waals surface area contributed by atoms with Crippen LogP contribution in [0, 0.1) is 30.1 Å². The molecule has 1 aliphatic rings. The number of aryl methyl sites for hydroxylation is 1. The molecule has 1 aromatic heterocycles. The molecule has 0 bridgehead atoms. The minimum absolute atomic E-state index is 0.0789. The van der Waals surface area contributed by atoms with E-state index in [0.29, 0.717) is 31.8 Å². The number of nitrogens with zero attached hydrogens (tertiary/aromatic N) is 1. The van der Waals surface area contributed by atoms with E-state index in [9.17, 15) is 8.42 Å². The van der Waals surface area contributed by atoms with Gasteiger partial charge in [0.1, 0.15) is 22.2 Å². The van der Waals surface area contributed by atoms with Crippen molar-refractivity contribution in [2.24, 2.45) is 0 Å². The molecule has 0 unspecified atom stereocenters. The third-order valence-corrected chi connectivity index (χ3v) is 10.2. The molecule has 198 valence electrons. The molecule has 6 heteroatoms. The van der Waals surface area contributed by atoms with Crippen LogP contribution in [0.4, 0.5) is 0 Å². The highest BCUT2D eigenvalue weighted by Gasteiger charge is 2.25. The summed E-state index contributed by atoms with van der Waals surface area (Å²) in [6, 6.07) is 23.2. The Labute approximate surface area is 235 Å². The zero-order valence-electron chi connectivity index (χ0n) is 22.2. The zero-order valence-corrected chi connectivity index (χ0v) is 23.9. The van der Waals surface area contributed by atoms with Gasteiger partial charge in [-0.15, -0.1) is 17.3 Å². The molecule has 4 nitrogen and oxygen atoms in total. The number of thiophene rings is 1. The number of benzene rings is 3. The molecule has 1 atom stereocenters. The van der Waals surface area contributed by atoms with Crippen molar-refractivity contribution in [1.82, 2.24) is 0 Å². The molecule has 0 N–H and O–H groups in total. The van der Waals surface area contributed by atoms with Crippen molar-refractivity contribution in [2.45, 2.75) is 51.6 Å². The number of fused-ring (bicyclic) bond motifs is 1. The SMILES string of the molecule is CC#C[C@@H](CC#N)c1ccc(OCc2ccc3scc(-c4ccc(C5CCS(=O)(=O)CC5)cc4C)c3c2)cc1. The van der Waals surface area contributed by atoms with Gasteiger partial charge in [-0.3, -0.25) is 0 Å². The van der Waals surface area contributed by atoms with E-state index in [4.69, 9.17) is 10.00 Å². The van der Waals surface area contributed by atoms with Gasteiger partial charge in [0.2, 0.25) is 0 Å². The number of ether oxygens (including phenoxy) is 1. The Bertz CT molecular complexity index is 1690. The molecule has 0 spiro atoms. The molecule has 3 aromatic carbocycles. The van der Waals surface area contributed by atoms with Crippen LogP contribution in [-0.4, -0.2) is 19.9 Å². The van der Waals surface area contributed by atoms with Gasteiger partial charge in [0, 0.05) is 15.6 Å². The van der Waals surface area contributed by atoms with Crippen molar-refractivity contribution < 1.29 is 13.2 Å². The fourth-order valence-electron chi connectivity index (χ4n) is 5.32. The maximum atomic E-state index is 11.8. The summed E-state index contributed by atoms with van der Waals surface area (Å²) in [5.41, 5.74) is 7.01. The van der Waals surface area contributed by atoms with Crippen molar-refractivity contribution in [3.05, 3.63) is 88.3 Å². The highest BCUT2D eigenvalue weighted by atomic mass is 32.2. The summed E-state index contributed by atoms with van der Waals surface area (Å²) in [5.74, 6) is 7.61. The second kappa shape index (κ2) is 11.7. The van der Waals surface area contributed by atoms with Gasteiger partial charge in [-0.25, -0.2) is 8.42 Å². The number of hydrogen-bond donors (Lipinski definition) is 0. The Balaban J connectivity index is 1.32. The lowest BCUT2D eigenvalue weighted by atomic mass is 9.89. The van der Waals surface area contributed by atoms with Crippen LogP contribution in [0.1, 0.15) is 60.3 Å². The Kier molecular flexibility index (Phi) is 8.07. The molecule has 1 aliphatic heterocycles. The molecule has 0 amide bonds. The van der Waals surface area contributed by atoms with E-state index < -0.39 is 9.84 Å². The normalized spacial score (nSPS) is 15.7. The van der Waals surface area contributed by atoms with Crippen molar-refractivity contribution in [2.75, 3.05) is 11.5 Å². The van der Waals surface area contributed by atoms with Crippen LogP contribution in [0.15, 0.2) is 66.0 Å². The molecule has 39 heavy (non-hydrogen) atoms. The van der Waals surface area contributed by atoms with E-state index >= 15 is 0 Å². The fraction of sp³-hybridized carbons (Fsp3) is 0.303. The van der Waals surface area contributed by atoms with Crippen LogP contribution in [-0.2, 0) is 16.4 Å². The molecule has 0 radical (unpaired) electrons. The van der Waals surface area contributed by atoms with Crippen LogP contribution in [0.5, 0.6) is 5.75 Å². The number of nitriles is 1.